The third kappa shape index (κ3) is 3.06. The van der Waals surface area contributed by atoms with Gasteiger partial charge in [0.1, 0.15) is 5.76 Å². The Kier molecular flexibility index (Phi) is 4.84. The first kappa shape index (κ1) is 15.6. The minimum Gasteiger partial charge on any atom is -0.456 e. The summed E-state index contributed by atoms with van der Waals surface area (Å²) < 4.78 is 5.79. The lowest BCUT2D eigenvalue weighted by Crippen LogP contribution is -2.49. The van der Waals surface area contributed by atoms with Crippen molar-refractivity contribution in [3.63, 3.8) is 0 Å². The zero-order valence-electron chi connectivity index (χ0n) is 13.7. The van der Waals surface area contributed by atoms with Crippen LogP contribution in [0.2, 0.25) is 0 Å². The van der Waals surface area contributed by atoms with Crippen LogP contribution in [0.1, 0.15) is 42.1 Å². The van der Waals surface area contributed by atoms with E-state index in [-0.39, 0.29) is 5.91 Å². The predicted octanol–water partition coefficient (Wildman–Crippen LogP) is 1.52. The fourth-order valence-corrected chi connectivity index (χ4v) is 3.60. The minimum atomic E-state index is 0.0621. The van der Waals surface area contributed by atoms with Crippen LogP contribution in [-0.4, -0.2) is 61.0 Å². The molecule has 1 atom stereocenters. The molecule has 2 fully saturated rings. The van der Waals surface area contributed by atoms with Crippen LogP contribution >= 0.6 is 0 Å². The van der Waals surface area contributed by atoms with Gasteiger partial charge in [-0.05, 0) is 24.5 Å². The van der Waals surface area contributed by atoms with Gasteiger partial charge in [0.2, 0.25) is 0 Å². The second-order valence-corrected chi connectivity index (χ2v) is 6.25. The molecule has 5 nitrogen and oxygen atoms in total. The number of carbonyl (C=O) groups is 1. The van der Waals surface area contributed by atoms with Crippen molar-refractivity contribution in [3.05, 3.63) is 23.2 Å². The van der Waals surface area contributed by atoms with E-state index >= 15 is 0 Å². The van der Waals surface area contributed by atoms with Gasteiger partial charge in [-0.2, -0.15) is 0 Å². The van der Waals surface area contributed by atoms with Gasteiger partial charge in [-0.15, -0.1) is 0 Å². The Labute approximate surface area is 132 Å². The maximum absolute atomic E-state index is 12.7. The third-order valence-corrected chi connectivity index (χ3v) is 4.93. The van der Waals surface area contributed by atoms with Crippen molar-refractivity contribution in [1.82, 2.24) is 15.1 Å². The average Bonchev–Trinajstić information content (AvgIpc) is 3.21. The van der Waals surface area contributed by atoms with E-state index < -0.39 is 0 Å². The van der Waals surface area contributed by atoms with Crippen LogP contribution < -0.4 is 5.32 Å². The molecule has 0 aromatic carbocycles. The van der Waals surface area contributed by atoms with E-state index in [1.165, 1.54) is 5.56 Å². The summed E-state index contributed by atoms with van der Waals surface area (Å²) in [6.07, 6.45) is 2.84. The maximum atomic E-state index is 12.7. The summed E-state index contributed by atoms with van der Waals surface area (Å²) in [7, 11) is 0. The van der Waals surface area contributed by atoms with Crippen LogP contribution in [0.15, 0.2) is 10.5 Å². The molecule has 3 heterocycles. The number of nitrogens with one attached hydrogen (secondary N) is 1. The molecule has 0 bridgehead atoms. The Balaban J connectivity index is 1.64. The maximum Gasteiger partial charge on any atom is 0.289 e. The number of carbonyl (C=O) groups excluding carboxylic acids is 1. The number of hydrogen-bond donors (Lipinski definition) is 1. The summed E-state index contributed by atoms with van der Waals surface area (Å²) >= 11 is 0. The van der Waals surface area contributed by atoms with Gasteiger partial charge in [0.15, 0.2) is 5.76 Å². The zero-order valence-corrected chi connectivity index (χ0v) is 13.7. The summed E-state index contributed by atoms with van der Waals surface area (Å²) in [6.45, 7) is 10.2. The van der Waals surface area contributed by atoms with Crippen molar-refractivity contribution < 1.29 is 9.21 Å². The number of rotatable bonds is 4. The largest absolute Gasteiger partial charge is 0.456 e. The van der Waals surface area contributed by atoms with Crippen molar-refractivity contribution in [3.8, 4) is 0 Å². The van der Waals surface area contributed by atoms with E-state index in [2.05, 4.69) is 24.1 Å². The van der Waals surface area contributed by atoms with Crippen LogP contribution in [0, 0.1) is 0 Å². The van der Waals surface area contributed by atoms with Crippen molar-refractivity contribution in [1.29, 1.82) is 0 Å². The molecule has 1 amide bonds. The molecule has 1 unspecified atom stereocenters. The lowest BCUT2D eigenvalue weighted by Gasteiger charge is -2.32. The average molecular weight is 305 g/mol. The second kappa shape index (κ2) is 6.84. The van der Waals surface area contributed by atoms with Crippen LogP contribution in [0.3, 0.4) is 0 Å². The molecule has 0 aliphatic carbocycles. The quantitative estimate of drug-likeness (QED) is 0.916. The molecule has 1 aromatic heterocycles. The molecule has 0 radical (unpaired) electrons. The first-order chi connectivity index (χ1) is 10.7. The van der Waals surface area contributed by atoms with Gasteiger partial charge >= 0.3 is 0 Å². The van der Waals surface area contributed by atoms with Crippen LogP contribution in [0.4, 0.5) is 0 Å². The smallest absolute Gasteiger partial charge is 0.289 e. The number of amides is 1. The fraction of sp³-hybridized carbons (Fsp3) is 0.706. The number of aryl methyl sites for hydroxylation is 2. The molecule has 5 heteroatoms. The summed E-state index contributed by atoms with van der Waals surface area (Å²) in [4.78, 5) is 17.2. The molecule has 122 valence electrons. The summed E-state index contributed by atoms with van der Waals surface area (Å²) in [5, 5.41) is 3.38. The van der Waals surface area contributed by atoms with Crippen molar-refractivity contribution in [2.75, 3.05) is 39.3 Å². The van der Waals surface area contributed by atoms with Crippen molar-refractivity contribution in [2.45, 2.75) is 39.2 Å². The molecular weight excluding hydrogens is 278 g/mol. The fourth-order valence-electron chi connectivity index (χ4n) is 3.60. The number of likely N-dealkylation sites (tertiary alicyclic amines) is 1. The molecular formula is C17H27N3O2. The first-order valence-corrected chi connectivity index (χ1v) is 8.58. The molecule has 1 N–H and O–H groups in total. The molecule has 0 saturated carbocycles. The lowest BCUT2D eigenvalue weighted by atomic mass is 10.1. The normalized spacial score (nSPS) is 23.2. The standard InChI is InChI=1S/C17H27N3O2/c1-3-13-11-16(22-15(13)4-2)17(21)20-8-5-14(12-20)19-9-6-18-7-10-19/h11,14,18H,3-10,12H2,1-2H3. The van der Waals surface area contributed by atoms with Gasteiger partial charge in [-0.1, -0.05) is 13.8 Å². The lowest BCUT2D eigenvalue weighted by molar-refractivity contribution is 0.0740. The van der Waals surface area contributed by atoms with Gasteiger partial charge in [-0.25, -0.2) is 0 Å². The van der Waals surface area contributed by atoms with Gasteiger partial charge in [0.05, 0.1) is 0 Å². The molecule has 1 aromatic rings. The van der Waals surface area contributed by atoms with E-state index in [4.69, 9.17) is 4.42 Å². The highest BCUT2D eigenvalue weighted by Gasteiger charge is 2.32. The minimum absolute atomic E-state index is 0.0621. The van der Waals surface area contributed by atoms with Gasteiger partial charge < -0.3 is 14.6 Å². The first-order valence-electron chi connectivity index (χ1n) is 8.58. The van der Waals surface area contributed by atoms with E-state index in [9.17, 15) is 4.79 Å². The van der Waals surface area contributed by atoms with Crippen molar-refractivity contribution in [2.24, 2.45) is 0 Å². The van der Waals surface area contributed by atoms with Gasteiger partial charge in [-0.3, -0.25) is 9.69 Å². The summed E-state index contributed by atoms with van der Waals surface area (Å²) in [5.74, 6) is 1.55. The Morgan fingerprint density at radius 2 is 2.05 bits per heavy atom. The zero-order chi connectivity index (χ0) is 15.5. The van der Waals surface area contributed by atoms with Gasteiger partial charge in [0.25, 0.3) is 5.91 Å². The Hall–Kier alpha value is -1.33. The summed E-state index contributed by atoms with van der Waals surface area (Å²) in [6, 6.07) is 2.46. The van der Waals surface area contributed by atoms with E-state index in [1.807, 2.05) is 11.0 Å². The van der Waals surface area contributed by atoms with E-state index in [0.29, 0.717) is 11.8 Å². The monoisotopic (exact) mass is 305 g/mol. The van der Waals surface area contributed by atoms with Gasteiger partial charge in [0, 0.05) is 51.7 Å². The molecule has 2 saturated heterocycles. The molecule has 2 aliphatic rings. The van der Waals surface area contributed by atoms with Crippen molar-refractivity contribution >= 4 is 5.91 Å². The molecule has 0 spiro atoms. The number of piperazine rings is 1. The van der Waals surface area contributed by atoms with E-state index in [1.54, 1.807) is 0 Å². The number of nitrogens with zero attached hydrogens (tertiary/aromatic N) is 2. The second-order valence-electron chi connectivity index (χ2n) is 6.25. The molecule has 3 rings (SSSR count). The van der Waals surface area contributed by atoms with Crippen LogP contribution in [0.5, 0.6) is 0 Å². The molecule has 22 heavy (non-hydrogen) atoms. The summed E-state index contributed by atoms with van der Waals surface area (Å²) in [5.41, 5.74) is 1.17. The Bertz CT molecular complexity index is 498. The number of hydrogen-bond acceptors (Lipinski definition) is 4. The Morgan fingerprint density at radius 1 is 1.27 bits per heavy atom. The SMILES string of the molecule is CCc1cc(C(=O)N2CCC(N3CCNCC3)C2)oc1CC. The van der Waals surface area contributed by atoms with Crippen LogP contribution in [-0.2, 0) is 12.8 Å². The van der Waals surface area contributed by atoms with E-state index in [0.717, 1.165) is 64.3 Å². The molecule has 2 aliphatic heterocycles. The highest BCUT2D eigenvalue weighted by Crippen LogP contribution is 2.22. The highest BCUT2D eigenvalue weighted by atomic mass is 16.4. The third-order valence-electron chi connectivity index (χ3n) is 4.93. The topological polar surface area (TPSA) is 48.7 Å². The number of furan rings is 1. The predicted molar refractivity (Wildman–Crippen MR) is 86.2 cm³/mol. The highest BCUT2D eigenvalue weighted by molar-refractivity contribution is 5.92. The van der Waals surface area contributed by atoms with Crippen LogP contribution in [0.25, 0.3) is 0 Å². The Morgan fingerprint density at radius 3 is 2.68 bits per heavy atom.